The van der Waals surface area contributed by atoms with Crippen LogP contribution in [0.2, 0.25) is 0 Å². The van der Waals surface area contributed by atoms with Crippen molar-refractivity contribution >= 4 is 5.91 Å². The first-order chi connectivity index (χ1) is 5.61. The van der Waals surface area contributed by atoms with E-state index in [4.69, 9.17) is 0 Å². The molecule has 0 radical (unpaired) electrons. The Morgan fingerprint density at radius 3 is 2.58 bits per heavy atom. The molecule has 0 aliphatic heterocycles. The van der Waals surface area contributed by atoms with Gasteiger partial charge in [-0.15, -0.1) is 0 Å². The van der Waals surface area contributed by atoms with Gasteiger partial charge in [-0.05, 0) is 12.8 Å². The minimum Gasteiger partial charge on any atom is -0.390 e. The molecule has 70 valence electrons. The number of carbonyl (C=O) groups excluding carboxylic acids is 1. The van der Waals surface area contributed by atoms with Crippen LogP contribution in [0.25, 0.3) is 0 Å². The van der Waals surface area contributed by atoms with Crippen molar-refractivity contribution in [2.75, 3.05) is 6.54 Å². The molecule has 4 nitrogen and oxygen atoms in total. The van der Waals surface area contributed by atoms with E-state index in [1.54, 1.807) is 0 Å². The highest BCUT2D eigenvalue weighted by molar-refractivity contribution is 5.72. The van der Waals surface area contributed by atoms with Crippen molar-refractivity contribution in [3.8, 4) is 0 Å². The normalized spacial score (nSPS) is 35.1. The molecule has 3 atom stereocenters. The van der Waals surface area contributed by atoms with Crippen molar-refractivity contribution in [1.29, 1.82) is 0 Å². The van der Waals surface area contributed by atoms with Crippen LogP contribution in [0.3, 0.4) is 0 Å². The van der Waals surface area contributed by atoms with E-state index in [2.05, 4.69) is 5.32 Å². The zero-order chi connectivity index (χ0) is 9.14. The van der Waals surface area contributed by atoms with Gasteiger partial charge in [0.1, 0.15) is 0 Å². The average molecular weight is 173 g/mol. The molecule has 0 aromatic heterocycles. The molecule has 0 saturated heterocycles. The Kier molecular flexibility index (Phi) is 3.05. The van der Waals surface area contributed by atoms with Crippen LogP contribution in [0.5, 0.6) is 0 Å². The molecule has 0 bridgehead atoms. The Balaban J connectivity index is 2.29. The predicted molar refractivity (Wildman–Crippen MR) is 43.4 cm³/mol. The van der Waals surface area contributed by atoms with E-state index in [1.165, 1.54) is 6.92 Å². The number of aliphatic hydroxyl groups excluding tert-OH is 2. The van der Waals surface area contributed by atoms with Crippen molar-refractivity contribution in [2.45, 2.75) is 32.0 Å². The summed E-state index contributed by atoms with van der Waals surface area (Å²) in [7, 11) is 0. The van der Waals surface area contributed by atoms with E-state index < -0.39 is 12.2 Å². The Bertz CT molecular complexity index is 172. The minimum absolute atomic E-state index is 0.0175. The fourth-order valence-corrected chi connectivity index (χ4v) is 1.54. The van der Waals surface area contributed by atoms with E-state index in [0.717, 1.165) is 6.42 Å². The van der Waals surface area contributed by atoms with Crippen LogP contribution in [-0.2, 0) is 4.79 Å². The maximum Gasteiger partial charge on any atom is 0.216 e. The van der Waals surface area contributed by atoms with Gasteiger partial charge in [-0.2, -0.15) is 0 Å². The third kappa shape index (κ3) is 2.19. The number of rotatable bonds is 2. The maximum absolute atomic E-state index is 10.5. The summed E-state index contributed by atoms with van der Waals surface area (Å²) in [6.07, 6.45) is 0.134. The molecule has 1 rings (SSSR count). The van der Waals surface area contributed by atoms with Crippen LogP contribution in [0, 0.1) is 5.92 Å². The summed E-state index contributed by atoms with van der Waals surface area (Å²) in [6.45, 7) is 1.91. The lowest BCUT2D eigenvalue weighted by Gasteiger charge is -2.15. The molecule has 0 unspecified atom stereocenters. The van der Waals surface area contributed by atoms with Gasteiger partial charge in [0.15, 0.2) is 0 Å². The first-order valence-corrected chi connectivity index (χ1v) is 4.22. The van der Waals surface area contributed by atoms with Crippen LogP contribution in [0.4, 0.5) is 0 Å². The van der Waals surface area contributed by atoms with Gasteiger partial charge in [0, 0.05) is 19.4 Å². The van der Waals surface area contributed by atoms with Crippen LogP contribution >= 0.6 is 0 Å². The molecule has 4 heteroatoms. The van der Waals surface area contributed by atoms with Crippen LogP contribution in [-0.4, -0.2) is 34.9 Å². The first kappa shape index (κ1) is 9.48. The topological polar surface area (TPSA) is 69.6 Å². The van der Waals surface area contributed by atoms with Gasteiger partial charge in [0.25, 0.3) is 0 Å². The van der Waals surface area contributed by atoms with Gasteiger partial charge in [-0.1, -0.05) is 0 Å². The summed E-state index contributed by atoms with van der Waals surface area (Å²) in [5, 5.41) is 21.2. The van der Waals surface area contributed by atoms with Crippen molar-refractivity contribution in [1.82, 2.24) is 5.32 Å². The average Bonchev–Trinajstić information content (AvgIpc) is 2.30. The Labute approximate surface area is 71.6 Å². The van der Waals surface area contributed by atoms with Crippen molar-refractivity contribution in [3.05, 3.63) is 0 Å². The van der Waals surface area contributed by atoms with Gasteiger partial charge in [0.2, 0.25) is 5.91 Å². The number of amides is 1. The van der Waals surface area contributed by atoms with E-state index in [-0.39, 0.29) is 11.8 Å². The third-order valence-electron chi connectivity index (χ3n) is 2.32. The molecule has 0 spiro atoms. The predicted octanol–water partition coefficient (Wildman–Crippen LogP) is -0.746. The molecule has 1 amide bonds. The first-order valence-electron chi connectivity index (χ1n) is 4.22. The summed E-state index contributed by atoms with van der Waals surface area (Å²) in [5.41, 5.74) is 0. The Hall–Kier alpha value is -0.610. The molecular weight excluding hydrogens is 158 g/mol. The number of aliphatic hydroxyl groups is 2. The van der Waals surface area contributed by atoms with Crippen LogP contribution in [0.1, 0.15) is 19.8 Å². The largest absolute Gasteiger partial charge is 0.390 e. The molecular formula is C8H15NO3. The van der Waals surface area contributed by atoms with Crippen molar-refractivity contribution < 1.29 is 15.0 Å². The molecule has 0 aromatic carbocycles. The lowest BCUT2D eigenvalue weighted by atomic mass is 10.1. The Morgan fingerprint density at radius 1 is 1.50 bits per heavy atom. The van der Waals surface area contributed by atoms with Gasteiger partial charge in [-0.3, -0.25) is 4.79 Å². The smallest absolute Gasteiger partial charge is 0.216 e. The Morgan fingerprint density at radius 2 is 2.17 bits per heavy atom. The highest BCUT2D eigenvalue weighted by Gasteiger charge is 2.32. The number of carbonyl (C=O) groups is 1. The minimum atomic E-state index is -0.670. The second-order valence-corrected chi connectivity index (χ2v) is 3.33. The second-order valence-electron chi connectivity index (χ2n) is 3.33. The molecule has 1 fully saturated rings. The summed E-state index contributed by atoms with van der Waals surface area (Å²) < 4.78 is 0. The highest BCUT2D eigenvalue weighted by Crippen LogP contribution is 2.25. The molecule has 3 N–H and O–H groups in total. The number of nitrogens with one attached hydrogen (secondary N) is 1. The molecule has 1 aliphatic rings. The highest BCUT2D eigenvalue weighted by atomic mass is 16.3. The van der Waals surface area contributed by atoms with E-state index in [0.29, 0.717) is 13.0 Å². The van der Waals surface area contributed by atoms with Crippen LogP contribution in [0.15, 0.2) is 0 Å². The number of hydrogen-bond donors (Lipinski definition) is 3. The van der Waals surface area contributed by atoms with Gasteiger partial charge in [-0.25, -0.2) is 0 Å². The SMILES string of the molecule is CC(=O)NC[C@H]1CC[C@H](O)[C@H]1O. The second kappa shape index (κ2) is 3.87. The summed E-state index contributed by atoms with van der Waals surface area (Å²) >= 11 is 0. The standard InChI is InChI=1S/C8H15NO3/c1-5(10)9-4-6-2-3-7(11)8(6)12/h6-8,11-12H,2-4H2,1H3,(H,9,10)/t6-,7+,8+/m1/s1. The van der Waals surface area contributed by atoms with E-state index >= 15 is 0 Å². The zero-order valence-electron chi connectivity index (χ0n) is 7.16. The fourth-order valence-electron chi connectivity index (χ4n) is 1.54. The van der Waals surface area contributed by atoms with Gasteiger partial charge in [0.05, 0.1) is 12.2 Å². The lowest BCUT2D eigenvalue weighted by molar-refractivity contribution is -0.119. The molecule has 1 saturated carbocycles. The quantitative estimate of drug-likeness (QED) is 0.515. The molecule has 12 heavy (non-hydrogen) atoms. The summed E-state index contributed by atoms with van der Waals surface area (Å²) in [6, 6.07) is 0. The third-order valence-corrected chi connectivity index (χ3v) is 2.32. The maximum atomic E-state index is 10.5. The monoisotopic (exact) mass is 173 g/mol. The van der Waals surface area contributed by atoms with Crippen molar-refractivity contribution in [3.63, 3.8) is 0 Å². The summed E-state index contributed by atoms with van der Waals surface area (Å²) in [4.78, 5) is 10.5. The van der Waals surface area contributed by atoms with E-state index in [1.807, 2.05) is 0 Å². The fraction of sp³-hybridized carbons (Fsp3) is 0.875. The molecule has 0 heterocycles. The van der Waals surface area contributed by atoms with Crippen molar-refractivity contribution in [2.24, 2.45) is 5.92 Å². The van der Waals surface area contributed by atoms with Crippen LogP contribution < -0.4 is 5.32 Å². The number of hydrogen-bond acceptors (Lipinski definition) is 3. The molecule has 0 aromatic rings. The summed E-state index contributed by atoms with van der Waals surface area (Å²) in [5.74, 6) is -0.0764. The van der Waals surface area contributed by atoms with Gasteiger partial charge >= 0.3 is 0 Å². The van der Waals surface area contributed by atoms with E-state index in [9.17, 15) is 15.0 Å². The van der Waals surface area contributed by atoms with Gasteiger partial charge < -0.3 is 15.5 Å². The zero-order valence-corrected chi connectivity index (χ0v) is 7.16. The molecule has 1 aliphatic carbocycles. The lowest BCUT2D eigenvalue weighted by Crippen LogP contribution is -2.34.